The molecule has 0 saturated heterocycles. The second-order valence-electron chi connectivity index (χ2n) is 6.19. The average molecular weight is 369 g/mol. The largest absolute Gasteiger partial charge is 0.467 e. The van der Waals surface area contributed by atoms with E-state index in [1.807, 2.05) is 19.2 Å². The molecule has 0 saturated carbocycles. The van der Waals surface area contributed by atoms with Crippen LogP contribution in [0.5, 0.6) is 11.6 Å². The van der Waals surface area contributed by atoms with Crippen LogP contribution in [0.3, 0.4) is 0 Å². The number of aromatic nitrogens is 1. The van der Waals surface area contributed by atoms with Crippen molar-refractivity contribution >= 4 is 11.3 Å². The molecule has 1 aliphatic carbocycles. The number of ether oxygens (including phenoxy) is 1. The number of nitrogens with two attached hydrogens (primary N) is 1. The van der Waals surface area contributed by atoms with Gasteiger partial charge in [0.1, 0.15) is 11.6 Å². The molecule has 3 aromatic rings. The van der Waals surface area contributed by atoms with Crippen LogP contribution in [-0.2, 0) is 0 Å². The van der Waals surface area contributed by atoms with Gasteiger partial charge in [0, 0.05) is 17.2 Å². The normalized spacial score (nSPS) is 16.0. The molecular formula is C20H17F2N3O2. The van der Waals surface area contributed by atoms with Crippen molar-refractivity contribution in [3.8, 4) is 11.6 Å². The summed E-state index contributed by atoms with van der Waals surface area (Å²) in [5.41, 5.74) is 8.69. The molecule has 4 rings (SSSR count). The monoisotopic (exact) mass is 369 g/mol. The zero-order chi connectivity index (χ0) is 19.0. The number of nitrogens with one attached hydrogen (secondary N) is 1. The molecule has 0 fully saturated rings. The van der Waals surface area contributed by atoms with E-state index in [9.17, 15) is 8.78 Å². The summed E-state index contributed by atoms with van der Waals surface area (Å²) in [4.78, 5) is 4.21. The van der Waals surface area contributed by atoms with Crippen LogP contribution in [0.4, 0.5) is 14.5 Å². The van der Waals surface area contributed by atoms with Crippen LogP contribution in [0.2, 0.25) is 0 Å². The molecule has 1 aromatic carbocycles. The van der Waals surface area contributed by atoms with Gasteiger partial charge in [-0.05, 0) is 43.3 Å². The van der Waals surface area contributed by atoms with Gasteiger partial charge in [0.2, 0.25) is 5.88 Å². The lowest BCUT2D eigenvalue weighted by Gasteiger charge is -2.22. The fourth-order valence-corrected chi connectivity index (χ4v) is 3.17. The molecule has 1 atom stereocenters. The molecule has 1 unspecified atom stereocenters. The summed E-state index contributed by atoms with van der Waals surface area (Å²) in [5.74, 6) is -0.628. The van der Waals surface area contributed by atoms with Crippen LogP contribution < -0.4 is 15.8 Å². The number of furan rings is 1. The van der Waals surface area contributed by atoms with Crippen LogP contribution in [0, 0.1) is 11.6 Å². The molecule has 2 heterocycles. The predicted octanol–water partition coefficient (Wildman–Crippen LogP) is 4.42. The quantitative estimate of drug-likeness (QED) is 0.712. The van der Waals surface area contributed by atoms with E-state index in [0.29, 0.717) is 17.7 Å². The predicted molar refractivity (Wildman–Crippen MR) is 97.3 cm³/mol. The standard InChI is InChI=1S/C20H17F2N3O2/c1-24-17-4-3-13(14-6-7-26-19(14)17)15-9-12(23)10-25-20(15)27-18-5-2-11(21)8-16(18)22/h2-3,5-10,17,24H,4,23H2,1H3. The highest BCUT2D eigenvalue weighted by Crippen LogP contribution is 2.41. The van der Waals surface area contributed by atoms with Crippen LogP contribution in [-0.4, -0.2) is 12.0 Å². The van der Waals surface area contributed by atoms with Gasteiger partial charge in [-0.3, -0.25) is 0 Å². The van der Waals surface area contributed by atoms with Crippen LogP contribution in [0.25, 0.3) is 5.57 Å². The van der Waals surface area contributed by atoms with E-state index >= 15 is 0 Å². The molecule has 138 valence electrons. The second-order valence-corrected chi connectivity index (χ2v) is 6.19. The summed E-state index contributed by atoms with van der Waals surface area (Å²) in [6.45, 7) is 0. The molecule has 0 radical (unpaired) electrons. The van der Waals surface area contributed by atoms with E-state index in [0.717, 1.165) is 29.0 Å². The minimum absolute atomic E-state index is 0.0617. The molecule has 0 aliphatic heterocycles. The van der Waals surface area contributed by atoms with Gasteiger partial charge in [0.05, 0.1) is 24.2 Å². The van der Waals surface area contributed by atoms with Crippen molar-refractivity contribution in [1.82, 2.24) is 10.3 Å². The number of hydrogen-bond donors (Lipinski definition) is 2. The van der Waals surface area contributed by atoms with Gasteiger partial charge in [0.15, 0.2) is 11.6 Å². The zero-order valence-corrected chi connectivity index (χ0v) is 14.5. The van der Waals surface area contributed by atoms with E-state index in [-0.39, 0.29) is 17.7 Å². The molecule has 2 aromatic heterocycles. The molecule has 0 spiro atoms. The van der Waals surface area contributed by atoms with E-state index < -0.39 is 11.6 Å². The van der Waals surface area contributed by atoms with E-state index in [4.69, 9.17) is 14.9 Å². The number of hydrogen-bond acceptors (Lipinski definition) is 5. The lowest BCUT2D eigenvalue weighted by Crippen LogP contribution is -2.19. The second kappa shape index (κ2) is 6.85. The van der Waals surface area contributed by atoms with Gasteiger partial charge in [-0.1, -0.05) is 6.08 Å². The number of fused-ring (bicyclic) bond motifs is 1. The molecule has 27 heavy (non-hydrogen) atoms. The van der Waals surface area contributed by atoms with E-state index in [2.05, 4.69) is 10.3 Å². The van der Waals surface area contributed by atoms with Gasteiger partial charge in [-0.2, -0.15) is 0 Å². The van der Waals surface area contributed by atoms with E-state index in [1.165, 1.54) is 12.3 Å². The van der Waals surface area contributed by atoms with Crippen LogP contribution >= 0.6 is 0 Å². The fraction of sp³-hybridized carbons (Fsp3) is 0.150. The summed E-state index contributed by atoms with van der Waals surface area (Å²) >= 11 is 0. The van der Waals surface area contributed by atoms with Crippen molar-refractivity contribution < 1.29 is 17.9 Å². The number of nitrogens with zero attached hydrogens (tertiary/aromatic N) is 1. The van der Waals surface area contributed by atoms with Crippen molar-refractivity contribution in [3.63, 3.8) is 0 Å². The number of pyridine rings is 1. The summed E-state index contributed by atoms with van der Waals surface area (Å²) in [6.07, 6.45) is 5.78. The maximum atomic E-state index is 14.0. The van der Waals surface area contributed by atoms with Gasteiger partial charge in [-0.25, -0.2) is 13.8 Å². The van der Waals surface area contributed by atoms with Gasteiger partial charge in [-0.15, -0.1) is 0 Å². The Morgan fingerprint density at radius 2 is 2.07 bits per heavy atom. The Morgan fingerprint density at radius 1 is 1.22 bits per heavy atom. The molecule has 7 heteroatoms. The molecule has 1 aliphatic rings. The summed E-state index contributed by atoms with van der Waals surface area (Å²) in [7, 11) is 1.86. The van der Waals surface area contributed by atoms with Crippen molar-refractivity contribution in [2.75, 3.05) is 12.8 Å². The van der Waals surface area contributed by atoms with Crippen LogP contribution in [0.15, 0.2) is 53.3 Å². The number of nitrogen functional groups attached to an aromatic ring is 1. The number of anilines is 1. The molecule has 0 bridgehead atoms. The third kappa shape index (κ3) is 3.17. The topological polar surface area (TPSA) is 73.3 Å². The minimum atomic E-state index is -0.809. The molecular weight excluding hydrogens is 352 g/mol. The maximum absolute atomic E-state index is 14.0. The molecule has 3 N–H and O–H groups in total. The first-order valence-electron chi connectivity index (χ1n) is 8.41. The summed E-state index contributed by atoms with van der Waals surface area (Å²) in [6, 6.07) is 6.75. The first-order valence-corrected chi connectivity index (χ1v) is 8.41. The van der Waals surface area contributed by atoms with Gasteiger partial charge < -0.3 is 20.2 Å². The molecule has 5 nitrogen and oxygen atoms in total. The fourth-order valence-electron chi connectivity index (χ4n) is 3.17. The lowest BCUT2D eigenvalue weighted by atomic mass is 9.89. The Labute approximate surface area is 154 Å². The summed E-state index contributed by atoms with van der Waals surface area (Å²) in [5, 5.41) is 3.20. The first-order chi connectivity index (χ1) is 13.1. The SMILES string of the molecule is CNC1CC=C(c2cc(N)cnc2Oc2ccc(F)cc2F)c2ccoc21. The van der Waals surface area contributed by atoms with Crippen molar-refractivity contribution in [3.05, 3.63) is 77.4 Å². The Balaban J connectivity index is 1.78. The van der Waals surface area contributed by atoms with Crippen LogP contribution in [0.1, 0.15) is 29.3 Å². The highest BCUT2D eigenvalue weighted by molar-refractivity contribution is 5.85. The summed E-state index contributed by atoms with van der Waals surface area (Å²) < 4.78 is 38.5. The number of benzene rings is 1. The third-order valence-electron chi connectivity index (χ3n) is 4.47. The Hall–Kier alpha value is -3.19. The highest BCUT2D eigenvalue weighted by Gasteiger charge is 2.26. The van der Waals surface area contributed by atoms with Gasteiger partial charge in [0.25, 0.3) is 0 Å². The Kier molecular flexibility index (Phi) is 4.37. The minimum Gasteiger partial charge on any atom is -0.467 e. The van der Waals surface area contributed by atoms with E-state index in [1.54, 1.807) is 12.3 Å². The van der Waals surface area contributed by atoms with Crippen molar-refractivity contribution in [1.29, 1.82) is 0 Å². The lowest BCUT2D eigenvalue weighted by molar-refractivity contribution is 0.421. The first kappa shape index (κ1) is 17.2. The average Bonchev–Trinajstić information content (AvgIpc) is 3.14. The number of halogens is 2. The Bertz CT molecular complexity index is 1030. The highest BCUT2D eigenvalue weighted by atomic mass is 19.1. The van der Waals surface area contributed by atoms with Crippen molar-refractivity contribution in [2.45, 2.75) is 12.5 Å². The maximum Gasteiger partial charge on any atom is 0.227 e. The Morgan fingerprint density at radius 3 is 2.85 bits per heavy atom. The molecule has 0 amide bonds. The number of rotatable bonds is 4. The van der Waals surface area contributed by atoms with Crippen molar-refractivity contribution in [2.24, 2.45) is 0 Å². The third-order valence-corrected chi connectivity index (χ3v) is 4.47. The smallest absolute Gasteiger partial charge is 0.227 e. The van der Waals surface area contributed by atoms with Gasteiger partial charge >= 0.3 is 0 Å². The zero-order valence-electron chi connectivity index (χ0n) is 14.5.